The van der Waals surface area contributed by atoms with Crippen LogP contribution in [0.5, 0.6) is 0 Å². The summed E-state index contributed by atoms with van der Waals surface area (Å²) in [7, 11) is 0. The number of amides is 1. The molecule has 1 heterocycles. The normalized spacial score (nSPS) is 22.2. The van der Waals surface area contributed by atoms with Crippen LogP contribution >= 0.6 is 11.3 Å². The van der Waals surface area contributed by atoms with Gasteiger partial charge in [0.15, 0.2) is 0 Å². The van der Waals surface area contributed by atoms with Crippen LogP contribution in [0.3, 0.4) is 0 Å². The minimum Gasteiger partial charge on any atom is -0.461 e. The Bertz CT molecular complexity index is 472. The van der Waals surface area contributed by atoms with E-state index in [1.807, 2.05) is 0 Å². The van der Waals surface area contributed by atoms with Crippen molar-refractivity contribution in [2.45, 2.75) is 39.2 Å². The summed E-state index contributed by atoms with van der Waals surface area (Å²) in [6.07, 6.45) is 3.31. The summed E-state index contributed by atoms with van der Waals surface area (Å²) in [5, 5.41) is 4.81. The van der Waals surface area contributed by atoms with Gasteiger partial charge in [-0.05, 0) is 25.7 Å². The van der Waals surface area contributed by atoms with Gasteiger partial charge in [-0.25, -0.2) is 9.78 Å². The van der Waals surface area contributed by atoms with E-state index in [9.17, 15) is 9.59 Å². The number of hydrogen-bond acceptors (Lipinski definition) is 5. The molecule has 1 saturated carbocycles. The van der Waals surface area contributed by atoms with Crippen molar-refractivity contribution in [2.24, 2.45) is 5.92 Å². The summed E-state index contributed by atoms with van der Waals surface area (Å²) >= 11 is 1.14. The van der Waals surface area contributed by atoms with E-state index in [2.05, 4.69) is 17.2 Å². The zero-order chi connectivity index (χ0) is 13.8. The van der Waals surface area contributed by atoms with Crippen LogP contribution in [0, 0.1) is 5.92 Å². The first-order valence-electron chi connectivity index (χ1n) is 6.55. The molecule has 104 valence electrons. The molecule has 0 saturated heterocycles. The van der Waals surface area contributed by atoms with E-state index in [1.165, 1.54) is 0 Å². The highest BCUT2D eigenvalue weighted by Crippen LogP contribution is 2.25. The largest absolute Gasteiger partial charge is 0.461 e. The lowest BCUT2D eigenvalue weighted by atomic mass is 10.1. The van der Waals surface area contributed by atoms with Crippen LogP contribution in [0.15, 0.2) is 5.38 Å². The molecule has 5 nitrogen and oxygen atoms in total. The topological polar surface area (TPSA) is 68.3 Å². The van der Waals surface area contributed by atoms with Crippen LogP contribution in [-0.2, 0) is 4.74 Å². The minimum atomic E-state index is -0.471. The average Bonchev–Trinajstić information content (AvgIpc) is 2.99. The van der Waals surface area contributed by atoms with E-state index in [0.29, 0.717) is 18.2 Å². The number of ether oxygens (including phenoxy) is 1. The van der Waals surface area contributed by atoms with Crippen molar-refractivity contribution in [1.82, 2.24) is 10.3 Å². The number of carbonyl (C=O) groups is 2. The molecule has 2 unspecified atom stereocenters. The molecular weight excluding hydrogens is 264 g/mol. The third kappa shape index (κ3) is 3.32. The molecule has 0 bridgehead atoms. The van der Waals surface area contributed by atoms with E-state index in [-0.39, 0.29) is 17.0 Å². The van der Waals surface area contributed by atoms with Crippen molar-refractivity contribution < 1.29 is 14.3 Å². The Hall–Kier alpha value is -1.43. The van der Waals surface area contributed by atoms with Crippen LogP contribution in [0.4, 0.5) is 0 Å². The van der Waals surface area contributed by atoms with E-state index in [0.717, 1.165) is 30.6 Å². The fourth-order valence-electron chi connectivity index (χ4n) is 2.27. The molecule has 1 aliphatic carbocycles. The third-order valence-corrected chi connectivity index (χ3v) is 4.19. The Morgan fingerprint density at radius 1 is 1.53 bits per heavy atom. The molecule has 1 aliphatic rings. The van der Waals surface area contributed by atoms with E-state index < -0.39 is 5.97 Å². The predicted octanol–water partition coefficient (Wildman–Crippen LogP) is 2.24. The quantitative estimate of drug-likeness (QED) is 0.860. The maximum Gasteiger partial charge on any atom is 0.367 e. The fraction of sp³-hybridized carbons (Fsp3) is 0.615. The molecule has 1 N–H and O–H groups in total. The smallest absolute Gasteiger partial charge is 0.367 e. The van der Waals surface area contributed by atoms with Crippen molar-refractivity contribution in [3.63, 3.8) is 0 Å². The highest BCUT2D eigenvalue weighted by atomic mass is 32.1. The van der Waals surface area contributed by atoms with Gasteiger partial charge < -0.3 is 10.1 Å². The van der Waals surface area contributed by atoms with Gasteiger partial charge in [-0.3, -0.25) is 4.79 Å². The van der Waals surface area contributed by atoms with Gasteiger partial charge in [0.25, 0.3) is 5.91 Å². The molecule has 2 atom stereocenters. The average molecular weight is 282 g/mol. The number of aromatic nitrogens is 1. The summed E-state index contributed by atoms with van der Waals surface area (Å²) < 4.78 is 4.85. The fourth-order valence-corrected chi connectivity index (χ4v) is 2.96. The SMILES string of the molecule is CCOC(=O)c1nc(C(=O)NC2CCCC2C)cs1. The standard InChI is InChI=1S/C13H18N2O3S/c1-3-18-13(17)12-15-10(7-19-12)11(16)14-9-6-4-5-8(9)2/h7-9H,3-6H2,1-2H3,(H,14,16). The summed E-state index contributed by atoms with van der Waals surface area (Å²) in [5.41, 5.74) is 0.298. The maximum absolute atomic E-state index is 12.0. The number of nitrogens with zero attached hydrogens (tertiary/aromatic N) is 1. The zero-order valence-corrected chi connectivity index (χ0v) is 12.0. The van der Waals surface area contributed by atoms with Crippen molar-refractivity contribution in [3.05, 3.63) is 16.1 Å². The van der Waals surface area contributed by atoms with Gasteiger partial charge in [-0.1, -0.05) is 13.3 Å². The Morgan fingerprint density at radius 2 is 2.32 bits per heavy atom. The Morgan fingerprint density at radius 3 is 2.95 bits per heavy atom. The lowest BCUT2D eigenvalue weighted by molar-refractivity contribution is 0.0526. The number of thiazole rings is 1. The first kappa shape index (κ1) is 14.0. The molecule has 1 amide bonds. The lowest BCUT2D eigenvalue weighted by Gasteiger charge is -2.16. The van der Waals surface area contributed by atoms with E-state index in [1.54, 1.807) is 12.3 Å². The van der Waals surface area contributed by atoms with Gasteiger partial charge in [0.1, 0.15) is 5.69 Å². The maximum atomic E-state index is 12.0. The third-order valence-electron chi connectivity index (χ3n) is 3.36. The summed E-state index contributed by atoms with van der Waals surface area (Å²) in [4.78, 5) is 27.5. The summed E-state index contributed by atoms with van der Waals surface area (Å²) in [5.74, 6) is -0.168. The van der Waals surface area contributed by atoms with Crippen LogP contribution in [0.25, 0.3) is 0 Å². The Kier molecular flexibility index (Phi) is 4.52. The van der Waals surface area contributed by atoms with Crippen molar-refractivity contribution in [1.29, 1.82) is 0 Å². The second-order valence-corrected chi connectivity index (χ2v) is 5.60. The van der Waals surface area contributed by atoms with Gasteiger partial charge in [-0.2, -0.15) is 0 Å². The zero-order valence-electron chi connectivity index (χ0n) is 11.1. The highest BCUT2D eigenvalue weighted by Gasteiger charge is 2.26. The Balaban J connectivity index is 1.98. The molecule has 0 radical (unpaired) electrons. The van der Waals surface area contributed by atoms with Gasteiger partial charge in [-0.15, -0.1) is 11.3 Å². The number of esters is 1. The highest BCUT2D eigenvalue weighted by molar-refractivity contribution is 7.11. The first-order valence-corrected chi connectivity index (χ1v) is 7.43. The van der Waals surface area contributed by atoms with Gasteiger partial charge >= 0.3 is 5.97 Å². The molecule has 1 fully saturated rings. The monoisotopic (exact) mass is 282 g/mol. The van der Waals surface area contributed by atoms with Crippen LogP contribution in [-0.4, -0.2) is 29.5 Å². The van der Waals surface area contributed by atoms with Gasteiger partial charge in [0.05, 0.1) is 6.61 Å². The van der Waals surface area contributed by atoms with Crippen LogP contribution in [0.2, 0.25) is 0 Å². The molecule has 2 rings (SSSR count). The van der Waals surface area contributed by atoms with E-state index >= 15 is 0 Å². The Labute approximate surface area is 116 Å². The second kappa shape index (κ2) is 6.14. The molecule has 0 aliphatic heterocycles. The predicted molar refractivity (Wildman–Crippen MR) is 72.3 cm³/mol. The molecule has 0 spiro atoms. The van der Waals surface area contributed by atoms with Gasteiger partial charge in [0, 0.05) is 11.4 Å². The number of rotatable bonds is 4. The number of nitrogens with one attached hydrogen (secondary N) is 1. The molecule has 1 aromatic rings. The van der Waals surface area contributed by atoms with Crippen molar-refractivity contribution in [2.75, 3.05) is 6.61 Å². The molecule has 0 aromatic carbocycles. The van der Waals surface area contributed by atoms with Crippen molar-refractivity contribution in [3.8, 4) is 0 Å². The number of hydrogen-bond donors (Lipinski definition) is 1. The summed E-state index contributed by atoms with van der Waals surface area (Å²) in [6, 6.07) is 0.222. The summed E-state index contributed by atoms with van der Waals surface area (Å²) in [6.45, 7) is 4.18. The number of carbonyl (C=O) groups excluding carboxylic acids is 2. The van der Waals surface area contributed by atoms with Crippen LogP contribution < -0.4 is 5.32 Å². The molecule has 19 heavy (non-hydrogen) atoms. The lowest BCUT2D eigenvalue weighted by Crippen LogP contribution is -2.36. The molecule has 6 heteroatoms. The van der Waals surface area contributed by atoms with Gasteiger partial charge in [0.2, 0.25) is 5.01 Å². The van der Waals surface area contributed by atoms with E-state index in [4.69, 9.17) is 4.74 Å². The van der Waals surface area contributed by atoms with Crippen LogP contribution in [0.1, 0.15) is 53.4 Å². The molecular formula is C13H18N2O3S. The molecule has 1 aromatic heterocycles. The first-order chi connectivity index (χ1) is 9.11. The minimum absolute atomic E-state index is 0.203. The van der Waals surface area contributed by atoms with Crippen molar-refractivity contribution >= 4 is 23.2 Å². The second-order valence-electron chi connectivity index (χ2n) is 4.75.